The molecule has 6 nitrogen and oxygen atoms in total. The average Bonchev–Trinajstić information content (AvgIpc) is 2.52. The fourth-order valence-electron chi connectivity index (χ4n) is 1.79. The number of amides is 1. The van der Waals surface area contributed by atoms with Crippen LogP contribution < -0.4 is 10.6 Å². The predicted molar refractivity (Wildman–Crippen MR) is 88.1 cm³/mol. The first-order valence-electron chi connectivity index (χ1n) is 6.58. The van der Waals surface area contributed by atoms with Crippen LogP contribution in [0, 0.1) is 10.1 Å². The Kier molecular flexibility index (Phi) is 5.48. The Hall–Kier alpha value is -2.41. The number of nitro benzene ring substituents is 1. The van der Waals surface area contributed by atoms with E-state index in [2.05, 4.69) is 26.6 Å². The molecule has 0 fully saturated rings. The Bertz CT molecular complexity index is 657. The molecule has 0 aliphatic rings. The summed E-state index contributed by atoms with van der Waals surface area (Å²) < 4.78 is 0.920. The fraction of sp³-hybridized carbons (Fsp3) is 0.133. The lowest BCUT2D eigenvalue weighted by Gasteiger charge is -2.08. The Morgan fingerprint density at radius 3 is 2.27 bits per heavy atom. The van der Waals surface area contributed by atoms with Gasteiger partial charge in [0.1, 0.15) is 0 Å². The van der Waals surface area contributed by atoms with Gasteiger partial charge in [0.15, 0.2) is 0 Å². The molecule has 0 bridgehead atoms. The molecule has 0 aromatic heterocycles. The van der Waals surface area contributed by atoms with E-state index in [1.54, 1.807) is 24.3 Å². The Labute approximate surface area is 135 Å². The van der Waals surface area contributed by atoms with Gasteiger partial charge in [0.05, 0.1) is 4.92 Å². The van der Waals surface area contributed by atoms with Crippen LogP contribution in [0.4, 0.5) is 11.4 Å². The average molecular weight is 364 g/mol. The molecule has 0 aliphatic carbocycles. The molecule has 0 heterocycles. The maximum Gasteiger partial charge on any atom is 0.269 e. The van der Waals surface area contributed by atoms with Crippen LogP contribution in [0.2, 0.25) is 0 Å². The smallest absolute Gasteiger partial charge is 0.269 e. The molecule has 2 rings (SSSR count). The summed E-state index contributed by atoms with van der Waals surface area (Å²) in [5, 5.41) is 16.4. The standard InChI is InChI=1S/C15H14BrN3O3/c16-12-3-1-11(2-4-12)15(20)18-10-9-17-13-5-7-14(8-6-13)19(21)22/h1-8,17H,9-10H2,(H,18,20). The van der Waals surface area contributed by atoms with E-state index in [1.807, 2.05) is 12.1 Å². The molecule has 0 spiro atoms. The largest absolute Gasteiger partial charge is 0.383 e. The van der Waals surface area contributed by atoms with Crippen molar-refractivity contribution in [3.8, 4) is 0 Å². The fourth-order valence-corrected chi connectivity index (χ4v) is 2.05. The number of carbonyl (C=O) groups excluding carboxylic acids is 1. The number of anilines is 1. The van der Waals surface area contributed by atoms with E-state index in [9.17, 15) is 14.9 Å². The molecule has 1 amide bonds. The van der Waals surface area contributed by atoms with Crippen LogP contribution in [0.3, 0.4) is 0 Å². The minimum absolute atomic E-state index is 0.0501. The monoisotopic (exact) mass is 363 g/mol. The molecule has 0 saturated carbocycles. The third-order valence-corrected chi connectivity index (χ3v) is 3.45. The number of rotatable bonds is 6. The summed E-state index contributed by atoms with van der Waals surface area (Å²) in [6.45, 7) is 0.978. The molecule has 114 valence electrons. The maximum atomic E-state index is 11.9. The van der Waals surface area contributed by atoms with Gasteiger partial charge in [0.25, 0.3) is 11.6 Å². The van der Waals surface area contributed by atoms with Crippen LogP contribution >= 0.6 is 15.9 Å². The zero-order chi connectivity index (χ0) is 15.9. The number of nitrogens with one attached hydrogen (secondary N) is 2. The molecule has 22 heavy (non-hydrogen) atoms. The summed E-state index contributed by atoms with van der Waals surface area (Å²) in [5.74, 6) is -0.141. The van der Waals surface area contributed by atoms with E-state index in [0.29, 0.717) is 18.7 Å². The molecule has 2 N–H and O–H groups in total. The molecule has 0 saturated heterocycles. The second kappa shape index (κ2) is 7.56. The summed E-state index contributed by atoms with van der Waals surface area (Å²) in [7, 11) is 0. The highest BCUT2D eigenvalue weighted by atomic mass is 79.9. The number of hydrogen-bond acceptors (Lipinski definition) is 4. The second-order valence-electron chi connectivity index (χ2n) is 4.49. The van der Waals surface area contributed by atoms with Crippen LogP contribution in [-0.2, 0) is 0 Å². The predicted octanol–water partition coefficient (Wildman–Crippen LogP) is 3.20. The number of halogens is 1. The van der Waals surface area contributed by atoms with Crippen molar-refractivity contribution in [2.75, 3.05) is 18.4 Å². The zero-order valence-corrected chi connectivity index (χ0v) is 13.2. The van der Waals surface area contributed by atoms with Crippen molar-refractivity contribution >= 4 is 33.2 Å². The van der Waals surface area contributed by atoms with Gasteiger partial charge in [-0.1, -0.05) is 15.9 Å². The van der Waals surface area contributed by atoms with Crippen LogP contribution in [0.25, 0.3) is 0 Å². The highest BCUT2D eigenvalue weighted by molar-refractivity contribution is 9.10. The summed E-state index contributed by atoms with van der Waals surface area (Å²) >= 11 is 3.31. The SMILES string of the molecule is O=C(NCCNc1ccc([N+](=O)[O-])cc1)c1ccc(Br)cc1. The first kappa shape index (κ1) is 16.0. The van der Waals surface area contributed by atoms with Crippen molar-refractivity contribution < 1.29 is 9.72 Å². The third kappa shape index (κ3) is 4.56. The number of hydrogen-bond donors (Lipinski definition) is 2. The van der Waals surface area contributed by atoms with Crippen molar-refractivity contribution in [1.29, 1.82) is 0 Å². The third-order valence-electron chi connectivity index (χ3n) is 2.92. The molecule has 7 heteroatoms. The molecular weight excluding hydrogens is 350 g/mol. The van der Waals surface area contributed by atoms with Gasteiger partial charge in [-0.25, -0.2) is 0 Å². The van der Waals surface area contributed by atoms with Gasteiger partial charge in [-0.3, -0.25) is 14.9 Å². The normalized spacial score (nSPS) is 10.0. The van der Waals surface area contributed by atoms with E-state index < -0.39 is 4.92 Å². The summed E-state index contributed by atoms with van der Waals surface area (Å²) in [6.07, 6.45) is 0. The van der Waals surface area contributed by atoms with Crippen molar-refractivity contribution in [2.24, 2.45) is 0 Å². The van der Waals surface area contributed by atoms with Gasteiger partial charge >= 0.3 is 0 Å². The van der Waals surface area contributed by atoms with Crippen LogP contribution in [-0.4, -0.2) is 23.9 Å². The summed E-state index contributed by atoms with van der Waals surface area (Å²) in [6, 6.07) is 13.2. The number of nitro groups is 1. The van der Waals surface area contributed by atoms with Gasteiger partial charge in [-0.2, -0.15) is 0 Å². The Balaban J connectivity index is 1.75. The Morgan fingerprint density at radius 1 is 1.05 bits per heavy atom. The minimum Gasteiger partial charge on any atom is -0.383 e. The first-order valence-corrected chi connectivity index (χ1v) is 7.37. The highest BCUT2D eigenvalue weighted by Gasteiger charge is 2.05. The second-order valence-corrected chi connectivity index (χ2v) is 5.41. The first-order chi connectivity index (χ1) is 10.6. The van der Waals surface area contributed by atoms with Crippen LogP contribution in [0.5, 0.6) is 0 Å². The van der Waals surface area contributed by atoms with Gasteiger partial charge in [0.2, 0.25) is 0 Å². The van der Waals surface area contributed by atoms with Crippen molar-refractivity contribution in [3.05, 3.63) is 68.7 Å². The molecule has 0 atom stereocenters. The zero-order valence-electron chi connectivity index (χ0n) is 11.6. The Morgan fingerprint density at radius 2 is 1.68 bits per heavy atom. The van der Waals surface area contributed by atoms with E-state index in [4.69, 9.17) is 0 Å². The lowest BCUT2D eigenvalue weighted by atomic mass is 10.2. The van der Waals surface area contributed by atoms with Crippen LogP contribution in [0.1, 0.15) is 10.4 Å². The van der Waals surface area contributed by atoms with E-state index in [-0.39, 0.29) is 11.6 Å². The number of benzene rings is 2. The molecule has 2 aromatic rings. The maximum absolute atomic E-state index is 11.9. The van der Waals surface area contributed by atoms with Crippen molar-refractivity contribution in [3.63, 3.8) is 0 Å². The molecule has 0 unspecified atom stereocenters. The highest BCUT2D eigenvalue weighted by Crippen LogP contribution is 2.15. The lowest BCUT2D eigenvalue weighted by molar-refractivity contribution is -0.384. The lowest BCUT2D eigenvalue weighted by Crippen LogP contribution is -2.28. The van der Waals surface area contributed by atoms with Crippen molar-refractivity contribution in [1.82, 2.24) is 5.32 Å². The van der Waals surface area contributed by atoms with E-state index in [1.165, 1.54) is 12.1 Å². The number of nitrogens with zero attached hydrogens (tertiary/aromatic N) is 1. The molecule has 2 aromatic carbocycles. The minimum atomic E-state index is -0.442. The molecule has 0 radical (unpaired) electrons. The number of carbonyl (C=O) groups is 1. The topological polar surface area (TPSA) is 84.3 Å². The summed E-state index contributed by atoms with van der Waals surface area (Å²) in [4.78, 5) is 22.0. The number of non-ortho nitro benzene ring substituents is 1. The summed E-state index contributed by atoms with van der Waals surface area (Å²) in [5.41, 5.74) is 1.41. The van der Waals surface area contributed by atoms with E-state index >= 15 is 0 Å². The quantitative estimate of drug-likeness (QED) is 0.468. The molecular formula is C15H14BrN3O3. The van der Waals surface area contributed by atoms with Gasteiger partial charge < -0.3 is 10.6 Å². The van der Waals surface area contributed by atoms with Gasteiger partial charge in [-0.15, -0.1) is 0 Å². The van der Waals surface area contributed by atoms with Gasteiger partial charge in [-0.05, 0) is 36.4 Å². The van der Waals surface area contributed by atoms with Crippen molar-refractivity contribution in [2.45, 2.75) is 0 Å². The van der Waals surface area contributed by atoms with Crippen LogP contribution in [0.15, 0.2) is 53.0 Å². The van der Waals surface area contributed by atoms with Gasteiger partial charge in [0, 0.05) is 40.9 Å². The van der Waals surface area contributed by atoms with E-state index in [0.717, 1.165) is 10.2 Å². The molecule has 0 aliphatic heterocycles.